The van der Waals surface area contributed by atoms with Gasteiger partial charge in [-0.2, -0.15) is 5.26 Å². The number of pyridine rings is 1. The highest BCUT2D eigenvalue weighted by molar-refractivity contribution is 7.80. The molecule has 0 fully saturated rings. The van der Waals surface area contributed by atoms with Gasteiger partial charge in [0.1, 0.15) is 17.6 Å². The summed E-state index contributed by atoms with van der Waals surface area (Å²) >= 11 is 5.28. The molecule has 142 valence electrons. The molecule has 0 unspecified atom stereocenters. The zero-order valence-electron chi connectivity index (χ0n) is 15.5. The van der Waals surface area contributed by atoms with E-state index in [1.165, 1.54) is 0 Å². The van der Waals surface area contributed by atoms with Crippen molar-refractivity contribution >= 4 is 39.7 Å². The molecule has 2 aromatic carbocycles. The molecular weight excluding hydrogens is 370 g/mol. The first-order chi connectivity index (χ1) is 13.7. The van der Waals surface area contributed by atoms with Crippen molar-refractivity contribution in [2.75, 3.05) is 30.8 Å². The molecule has 0 radical (unpaired) electrons. The topological polar surface area (TPSA) is 82.0 Å². The number of thiocarbonyl (C=S) groups is 1. The van der Waals surface area contributed by atoms with Crippen molar-refractivity contribution in [1.29, 1.82) is 5.26 Å². The molecule has 0 aliphatic rings. The fraction of sp³-hybridized carbons (Fsp3) is 0.190. The highest BCUT2D eigenvalue weighted by atomic mass is 32.1. The minimum absolute atomic E-state index is 0.509. The summed E-state index contributed by atoms with van der Waals surface area (Å²) in [5, 5.41) is 20.4. The Morgan fingerprint density at radius 2 is 1.96 bits per heavy atom. The Hall–Kier alpha value is -3.37. The van der Waals surface area contributed by atoms with Gasteiger partial charge >= 0.3 is 0 Å². The van der Waals surface area contributed by atoms with Gasteiger partial charge in [0, 0.05) is 24.2 Å². The van der Waals surface area contributed by atoms with Crippen LogP contribution in [0.5, 0.6) is 5.75 Å². The van der Waals surface area contributed by atoms with Crippen molar-refractivity contribution in [2.24, 2.45) is 0 Å². The number of para-hydroxylation sites is 1. The van der Waals surface area contributed by atoms with Crippen molar-refractivity contribution in [3.63, 3.8) is 0 Å². The van der Waals surface area contributed by atoms with E-state index < -0.39 is 0 Å². The molecule has 0 aliphatic carbocycles. The predicted molar refractivity (Wildman–Crippen MR) is 117 cm³/mol. The molecule has 28 heavy (non-hydrogen) atoms. The van der Waals surface area contributed by atoms with E-state index in [2.05, 4.69) is 27.0 Å². The summed E-state index contributed by atoms with van der Waals surface area (Å²) in [5.74, 6) is 1.33. The lowest BCUT2D eigenvalue weighted by molar-refractivity contribution is 0.415. The number of aromatic nitrogens is 1. The van der Waals surface area contributed by atoms with Crippen LogP contribution in [0.25, 0.3) is 10.9 Å². The summed E-state index contributed by atoms with van der Waals surface area (Å²) in [6.07, 6.45) is 0.823. The van der Waals surface area contributed by atoms with E-state index in [1.807, 2.05) is 54.6 Å². The highest BCUT2D eigenvalue weighted by Gasteiger charge is 2.07. The Kier molecular flexibility index (Phi) is 6.60. The summed E-state index contributed by atoms with van der Waals surface area (Å²) in [7, 11) is 1.62. The first-order valence-corrected chi connectivity index (χ1v) is 9.33. The molecule has 3 aromatic rings. The van der Waals surface area contributed by atoms with E-state index in [4.69, 9.17) is 17.0 Å². The monoisotopic (exact) mass is 391 g/mol. The first kappa shape index (κ1) is 19.4. The van der Waals surface area contributed by atoms with Crippen LogP contribution >= 0.6 is 12.2 Å². The molecule has 3 rings (SSSR count). The van der Waals surface area contributed by atoms with E-state index in [1.54, 1.807) is 7.11 Å². The van der Waals surface area contributed by atoms with Crippen LogP contribution in [0.4, 0.5) is 11.5 Å². The number of hydrogen-bond donors (Lipinski definition) is 3. The third-order valence-corrected chi connectivity index (χ3v) is 4.35. The molecule has 1 aromatic heterocycles. The number of methoxy groups -OCH3 is 1. The standard InChI is InChI=1S/C21H21N5OS/c1-27-18-8-9-19-15(13-18)12-16(14-22)20(26-19)23-10-5-11-24-21(28)25-17-6-3-2-4-7-17/h2-4,6-9,12-13H,5,10-11H2,1H3,(H,23,26)(H2,24,25,28). The number of nitrogens with zero attached hydrogens (tertiary/aromatic N) is 2. The Labute approximate surface area is 169 Å². The molecule has 3 N–H and O–H groups in total. The number of anilines is 2. The van der Waals surface area contributed by atoms with E-state index in [0.717, 1.165) is 28.8 Å². The van der Waals surface area contributed by atoms with Crippen molar-refractivity contribution in [1.82, 2.24) is 10.3 Å². The maximum Gasteiger partial charge on any atom is 0.170 e. The number of benzene rings is 2. The Bertz CT molecular complexity index is 1000. The van der Waals surface area contributed by atoms with Crippen molar-refractivity contribution in [3.05, 3.63) is 60.2 Å². The maximum absolute atomic E-state index is 9.42. The van der Waals surface area contributed by atoms with E-state index in [-0.39, 0.29) is 0 Å². The van der Waals surface area contributed by atoms with Gasteiger partial charge in [0.25, 0.3) is 0 Å². The van der Waals surface area contributed by atoms with Gasteiger partial charge in [0.2, 0.25) is 0 Å². The molecule has 0 spiro atoms. The van der Waals surface area contributed by atoms with Crippen LogP contribution in [-0.2, 0) is 0 Å². The second-order valence-electron chi connectivity index (χ2n) is 6.08. The maximum atomic E-state index is 9.42. The molecule has 0 saturated carbocycles. The number of nitrogens with one attached hydrogen (secondary N) is 3. The molecule has 7 heteroatoms. The fourth-order valence-electron chi connectivity index (χ4n) is 2.70. The van der Waals surface area contributed by atoms with Crippen molar-refractivity contribution in [2.45, 2.75) is 6.42 Å². The zero-order valence-corrected chi connectivity index (χ0v) is 16.3. The number of fused-ring (bicyclic) bond motifs is 1. The lowest BCUT2D eigenvalue weighted by atomic mass is 10.1. The zero-order chi connectivity index (χ0) is 19.8. The largest absolute Gasteiger partial charge is 0.497 e. The summed E-state index contributed by atoms with van der Waals surface area (Å²) in [6.45, 7) is 1.38. The van der Waals surface area contributed by atoms with Gasteiger partial charge in [0.05, 0.1) is 18.2 Å². The van der Waals surface area contributed by atoms with Crippen LogP contribution in [0.2, 0.25) is 0 Å². The third-order valence-electron chi connectivity index (χ3n) is 4.11. The Balaban J connectivity index is 1.51. The Morgan fingerprint density at radius 1 is 1.14 bits per heavy atom. The number of rotatable bonds is 7. The summed E-state index contributed by atoms with van der Waals surface area (Å²) in [4.78, 5) is 4.56. The smallest absolute Gasteiger partial charge is 0.170 e. The Morgan fingerprint density at radius 3 is 2.71 bits per heavy atom. The third kappa shape index (κ3) is 5.09. The number of nitriles is 1. The molecule has 1 heterocycles. The quantitative estimate of drug-likeness (QED) is 0.416. The lowest BCUT2D eigenvalue weighted by Gasteiger charge is -2.12. The molecule has 0 saturated heterocycles. The van der Waals surface area contributed by atoms with Crippen LogP contribution in [0.15, 0.2) is 54.6 Å². The predicted octanol–water partition coefficient (Wildman–Crippen LogP) is 3.90. The minimum Gasteiger partial charge on any atom is -0.497 e. The van der Waals surface area contributed by atoms with Crippen molar-refractivity contribution < 1.29 is 4.74 Å². The number of hydrogen-bond acceptors (Lipinski definition) is 5. The normalized spacial score (nSPS) is 10.1. The molecule has 0 amide bonds. The van der Waals surface area contributed by atoms with Crippen LogP contribution in [0.3, 0.4) is 0 Å². The van der Waals surface area contributed by atoms with Crippen molar-refractivity contribution in [3.8, 4) is 11.8 Å². The molecule has 6 nitrogen and oxygen atoms in total. The fourth-order valence-corrected chi connectivity index (χ4v) is 2.92. The highest BCUT2D eigenvalue weighted by Crippen LogP contribution is 2.24. The average molecular weight is 392 g/mol. The average Bonchev–Trinajstić information content (AvgIpc) is 2.73. The van der Waals surface area contributed by atoms with Gasteiger partial charge in [-0.25, -0.2) is 4.98 Å². The van der Waals surface area contributed by atoms with Gasteiger partial charge in [0.15, 0.2) is 5.11 Å². The molecular formula is C21H21N5OS. The molecule has 0 atom stereocenters. The summed E-state index contributed by atoms with van der Waals surface area (Å²) in [6, 6.07) is 19.4. The van der Waals surface area contributed by atoms with Gasteiger partial charge in [-0.1, -0.05) is 18.2 Å². The van der Waals surface area contributed by atoms with Gasteiger partial charge in [-0.15, -0.1) is 0 Å². The number of ether oxygens (including phenoxy) is 1. The lowest BCUT2D eigenvalue weighted by Crippen LogP contribution is -2.30. The molecule has 0 bridgehead atoms. The van der Waals surface area contributed by atoms with Crippen LogP contribution < -0.4 is 20.7 Å². The van der Waals surface area contributed by atoms with Crippen LogP contribution in [0, 0.1) is 11.3 Å². The van der Waals surface area contributed by atoms with E-state index >= 15 is 0 Å². The minimum atomic E-state index is 0.509. The van der Waals surface area contributed by atoms with E-state index in [0.29, 0.717) is 29.6 Å². The van der Waals surface area contributed by atoms with Gasteiger partial charge in [-0.05, 0) is 55.0 Å². The van der Waals surface area contributed by atoms with E-state index in [9.17, 15) is 5.26 Å². The summed E-state index contributed by atoms with van der Waals surface area (Å²) < 4.78 is 5.23. The van der Waals surface area contributed by atoms with Gasteiger partial charge in [-0.3, -0.25) is 0 Å². The molecule has 0 aliphatic heterocycles. The first-order valence-electron chi connectivity index (χ1n) is 8.92. The second kappa shape index (κ2) is 9.53. The second-order valence-corrected chi connectivity index (χ2v) is 6.49. The van der Waals surface area contributed by atoms with Gasteiger partial charge < -0.3 is 20.7 Å². The van der Waals surface area contributed by atoms with Crippen LogP contribution in [-0.4, -0.2) is 30.3 Å². The summed E-state index contributed by atoms with van der Waals surface area (Å²) in [5.41, 5.74) is 2.28. The SMILES string of the molecule is COc1ccc2nc(NCCCNC(=S)Nc3ccccc3)c(C#N)cc2c1. The van der Waals surface area contributed by atoms with Crippen LogP contribution in [0.1, 0.15) is 12.0 Å².